The Morgan fingerprint density at radius 3 is 2.77 bits per heavy atom. The van der Waals surface area contributed by atoms with Crippen LogP contribution in [-0.2, 0) is 0 Å². The molecule has 0 N–H and O–H groups in total. The van der Waals surface area contributed by atoms with Gasteiger partial charge in [-0.2, -0.15) is 0 Å². The van der Waals surface area contributed by atoms with Crippen molar-refractivity contribution in [1.82, 2.24) is 0 Å². The zero-order chi connectivity index (χ0) is 9.42. The van der Waals surface area contributed by atoms with Crippen LogP contribution in [0.25, 0.3) is 11.0 Å². The Kier molecular flexibility index (Phi) is 2.38. The van der Waals surface area contributed by atoms with E-state index in [0.717, 1.165) is 24.8 Å². The predicted molar refractivity (Wildman–Crippen MR) is 64.5 cm³/mol. The standard InChI is InChI=1S/C10H7IOS/c1-6-9(11)10(13)7-4-2-3-5-8(7)12-6/h2-5H,1H3. The average Bonchev–Trinajstić information content (AvgIpc) is 2.15. The third-order valence-electron chi connectivity index (χ3n) is 1.90. The van der Waals surface area contributed by atoms with Gasteiger partial charge in [-0.25, -0.2) is 0 Å². The molecule has 0 fully saturated rings. The van der Waals surface area contributed by atoms with Gasteiger partial charge < -0.3 is 4.42 Å². The van der Waals surface area contributed by atoms with Crippen LogP contribution in [0.2, 0.25) is 0 Å². The van der Waals surface area contributed by atoms with Crippen LogP contribution in [0.5, 0.6) is 0 Å². The predicted octanol–water partition coefficient (Wildman–Crippen LogP) is 4.08. The lowest BCUT2D eigenvalue weighted by atomic mass is 10.2. The van der Waals surface area contributed by atoms with Gasteiger partial charge in [0, 0.05) is 5.39 Å². The third kappa shape index (κ3) is 1.50. The van der Waals surface area contributed by atoms with Gasteiger partial charge in [-0.1, -0.05) is 24.4 Å². The van der Waals surface area contributed by atoms with E-state index >= 15 is 0 Å². The van der Waals surface area contributed by atoms with Crippen LogP contribution in [0.3, 0.4) is 0 Å². The molecule has 0 bridgehead atoms. The van der Waals surface area contributed by atoms with Crippen LogP contribution in [0.4, 0.5) is 0 Å². The van der Waals surface area contributed by atoms with Gasteiger partial charge in [-0.05, 0) is 41.6 Å². The van der Waals surface area contributed by atoms with Crippen molar-refractivity contribution >= 4 is 45.8 Å². The van der Waals surface area contributed by atoms with Crippen LogP contribution >= 0.6 is 34.8 Å². The van der Waals surface area contributed by atoms with E-state index in [-0.39, 0.29) is 0 Å². The monoisotopic (exact) mass is 302 g/mol. The summed E-state index contributed by atoms with van der Waals surface area (Å²) in [7, 11) is 0. The molecular formula is C10H7IOS. The van der Waals surface area contributed by atoms with Gasteiger partial charge in [0.05, 0.1) is 8.08 Å². The molecule has 0 aliphatic heterocycles. The van der Waals surface area contributed by atoms with Crippen molar-refractivity contribution in [2.75, 3.05) is 0 Å². The van der Waals surface area contributed by atoms with E-state index in [1.54, 1.807) is 0 Å². The first kappa shape index (κ1) is 9.15. The molecule has 0 aliphatic rings. The van der Waals surface area contributed by atoms with Crippen molar-refractivity contribution in [2.45, 2.75) is 6.92 Å². The van der Waals surface area contributed by atoms with Crippen LogP contribution in [0, 0.1) is 15.0 Å². The highest BCUT2D eigenvalue weighted by atomic mass is 127. The second-order valence-corrected chi connectivity index (χ2v) is 4.28. The Morgan fingerprint density at radius 1 is 1.31 bits per heavy atom. The Labute approximate surface area is 94.9 Å². The number of hydrogen-bond donors (Lipinski definition) is 0. The van der Waals surface area contributed by atoms with Gasteiger partial charge in [0.1, 0.15) is 11.3 Å². The van der Waals surface area contributed by atoms with Crippen molar-refractivity contribution in [2.24, 2.45) is 0 Å². The van der Waals surface area contributed by atoms with E-state index in [9.17, 15) is 0 Å². The molecule has 0 spiro atoms. The summed E-state index contributed by atoms with van der Waals surface area (Å²) in [6, 6.07) is 7.85. The Hall–Kier alpha value is -0.420. The van der Waals surface area contributed by atoms with Crippen molar-refractivity contribution in [1.29, 1.82) is 0 Å². The molecule has 13 heavy (non-hydrogen) atoms. The van der Waals surface area contributed by atoms with E-state index in [0.29, 0.717) is 0 Å². The SMILES string of the molecule is Cc1oc2ccccc2c(=S)c1I. The molecule has 2 aromatic rings. The quantitative estimate of drug-likeness (QED) is 0.537. The molecule has 0 amide bonds. The number of aryl methyl sites for hydroxylation is 1. The molecule has 3 heteroatoms. The summed E-state index contributed by atoms with van der Waals surface area (Å²) >= 11 is 7.53. The summed E-state index contributed by atoms with van der Waals surface area (Å²) in [5, 5.41) is 1.02. The van der Waals surface area contributed by atoms with Gasteiger partial charge >= 0.3 is 0 Å². The smallest absolute Gasteiger partial charge is 0.135 e. The van der Waals surface area contributed by atoms with Gasteiger partial charge in [-0.3, -0.25) is 0 Å². The number of fused-ring (bicyclic) bond motifs is 1. The fourth-order valence-electron chi connectivity index (χ4n) is 1.23. The molecule has 0 aliphatic carbocycles. The second kappa shape index (κ2) is 3.38. The molecule has 0 unspecified atom stereocenters. The van der Waals surface area contributed by atoms with Crippen LogP contribution < -0.4 is 0 Å². The third-order valence-corrected chi connectivity index (χ3v) is 3.99. The second-order valence-electron chi connectivity index (χ2n) is 2.80. The van der Waals surface area contributed by atoms with Crippen LogP contribution in [-0.4, -0.2) is 0 Å². The number of rotatable bonds is 0. The molecule has 0 radical (unpaired) electrons. The molecule has 0 atom stereocenters. The average molecular weight is 302 g/mol. The maximum atomic E-state index is 5.60. The van der Waals surface area contributed by atoms with E-state index in [4.69, 9.17) is 16.6 Å². The minimum atomic E-state index is 0.866. The fraction of sp³-hybridized carbons (Fsp3) is 0.100. The highest BCUT2D eigenvalue weighted by Gasteiger charge is 2.03. The first-order valence-electron chi connectivity index (χ1n) is 3.88. The first-order valence-corrected chi connectivity index (χ1v) is 5.37. The summed E-state index contributed by atoms with van der Waals surface area (Å²) in [5.74, 6) is 0.893. The van der Waals surface area contributed by atoms with Crippen molar-refractivity contribution in [3.8, 4) is 0 Å². The van der Waals surface area contributed by atoms with Gasteiger partial charge in [0.15, 0.2) is 0 Å². The molecule has 2 rings (SSSR count). The Bertz CT molecular complexity index is 516. The van der Waals surface area contributed by atoms with Crippen molar-refractivity contribution in [3.63, 3.8) is 0 Å². The minimum absolute atomic E-state index is 0.866. The number of para-hydroxylation sites is 1. The van der Waals surface area contributed by atoms with E-state index < -0.39 is 0 Å². The van der Waals surface area contributed by atoms with Crippen LogP contribution in [0.15, 0.2) is 28.7 Å². The highest BCUT2D eigenvalue weighted by molar-refractivity contribution is 14.1. The Balaban J connectivity index is 3.03. The summed E-state index contributed by atoms with van der Waals surface area (Å²) in [4.78, 5) is 0. The van der Waals surface area contributed by atoms with Crippen molar-refractivity contribution in [3.05, 3.63) is 38.1 Å². The zero-order valence-electron chi connectivity index (χ0n) is 7.00. The van der Waals surface area contributed by atoms with Crippen LogP contribution in [0.1, 0.15) is 5.76 Å². The molecule has 1 aromatic heterocycles. The largest absolute Gasteiger partial charge is 0.460 e. The molecule has 0 saturated carbocycles. The van der Waals surface area contributed by atoms with E-state index in [1.807, 2.05) is 31.2 Å². The minimum Gasteiger partial charge on any atom is -0.460 e. The molecule has 1 nitrogen and oxygen atoms in total. The maximum Gasteiger partial charge on any atom is 0.135 e. The maximum absolute atomic E-state index is 5.60. The molecule has 0 saturated heterocycles. The first-order chi connectivity index (χ1) is 6.20. The summed E-state index contributed by atoms with van der Waals surface area (Å²) in [6.07, 6.45) is 0. The summed E-state index contributed by atoms with van der Waals surface area (Å²) in [6.45, 7) is 1.93. The van der Waals surface area contributed by atoms with Crippen molar-refractivity contribution < 1.29 is 4.42 Å². The normalized spacial score (nSPS) is 10.6. The fourth-order valence-corrected chi connectivity index (χ4v) is 1.94. The van der Waals surface area contributed by atoms with Gasteiger partial charge in [-0.15, -0.1) is 0 Å². The molecule has 1 aromatic carbocycles. The highest BCUT2D eigenvalue weighted by Crippen LogP contribution is 2.23. The van der Waals surface area contributed by atoms with Gasteiger partial charge in [0.2, 0.25) is 0 Å². The molecule has 66 valence electrons. The lowest BCUT2D eigenvalue weighted by Crippen LogP contribution is -1.83. The molecule has 1 heterocycles. The van der Waals surface area contributed by atoms with E-state index in [2.05, 4.69) is 22.6 Å². The number of halogens is 1. The van der Waals surface area contributed by atoms with Gasteiger partial charge in [0.25, 0.3) is 0 Å². The lowest BCUT2D eigenvalue weighted by molar-refractivity contribution is 0.560. The topological polar surface area (TPSA) is 13.1 Å². The number of hydrogen-bond acceptors (Lipinski definition) is 2. The number of benzene rings is 1. The zero-order valence-corrected chi connectivity index (χ0v) is 9.98. The summed E-state index contributed by atoms with van der Waals surface area (Å²) in [5.41, 5.74) is 0.866. The Morgan fingerprint density at radius 2 is 2.00 bits per heavy atom. The van der Waals surface area contributed by atoms with E-state index in [1.165, 1.54) is 0 Å². The molecular weight excluding hydrogens is 295 g/mol. The lowest BCUT2D eigenvalue weighted by Gasteiger charge is -2.01. The summed E-state index contributed by atoms with van der Waals surface area (Å²) < 4.78 is 7.52.